The Balaban J connectivity index is 1.30. The molecule has 3 atom stereocenters. The van der Waals surface area contributed by atoms with Crippen LogP contribution in [-0.4, -0.2) is 66.2 Å². The Hall–Kier alpha value is -3.86. The van der Waals surface area contributed by atoms with Crippen LogP contribution >= 0.6 is 0 Å². The van der Waals surface area contributed by atoms with E-state index in [1.54, 1.807) is 12.1 Å². The summed E-state index contributed by atoms with van der Waals surface area (Å²) in [7, 11) is 0. The van der Waals surface area contributed by atoms with Crippen molar-refractivity contribution in [1.29, 1.82) is 0 Å². The number of benzene rings is 3. The molecule has 2 amide bonds. The summed E-state index contributed by atoms with van der Waals surface area (Å²) in [5, 5.41) is 24.6. The fourth-order valence-electron chi connectivity index (χ4n) is 5.93. The van der Waals surface area contributed by atoms with E-state index in [2.05, 4.69) is 17.1 Å². The summed E-state index contributed by atoms with van der Waals surface area (Å²) in [4.78, 5) is 31.1. The molecule has 4 N–H and O–H groups in total. The maximum absolute atomic E-state index is 13.6. The Morgan fingerprint density at radius 2 is 1.67 bits per heavy atom. The summed E-state index contributed by atoms with van der Waals surface area (Å²) in [5.74, 6) is -1.81. The maximum atomic E-state index is 13.6. The van der Waals surface area contributed by atoms with Gasteiger partial charge >= 0.3 is 0 Å². The van der Waals surface area contributed by atoms with Crippen molar-refractivity contribution in [1.82, 2.24) is 4.90 Å². The highest BCUT2D eigenvalue weighted by Crippen LogP contribution is 2.48. The van der Waals surface area contributed by atoms with Gasteiger partial charge in [-0.25, -0.2) is 8.78 Å². The lowest BCUT2D eigenvalue weighted by atomic mass is 9.78. The molecule has 0 aromatic heterocycles. The fourth-order valence-corrected chi connectivity index (χ4v) is 5.93. The number of phenols is 1. The molecular weight excluding hydrogens is 542 g/mol. The second-order valence-electron chi connectivity index (χ2n) is 11.1. The molecule has 2 fully saturated rings. The molecule has 2 aliphatic heterocycles. The van der Waals surface area contributed by atoms with Gasteiger partial charge in [0.05, 0.1) is 31.2 Å². The van der Waals surface area contributed by atoms with E-state index in [0.29, 0.717) is 35.5 Å². The van der Waals surface area contributed by atoms with E-state index in [1.165, 1.54) is 64.4 Å². The molecule has 3 aromatic carbocycles. The number of halogens is 2. The Labute approximate surface area is 244 Å². The Bertz CT molecular complexity index is 1390. The number of aliphatic hydroxyl groups is 1. The van der Waals surface area contributed by atoms with Crippen molar-refractivity contribution in [3.05, 3.63) is 89.5 Å². The van der Waals surface area contributed by atoms with Crippen molar-refractivity contribution >= 4 is 23.2 Å². The molecule has 0 aliphatic carbocycles. The zero-order chi connectivity index (χ0) is 29.8. The van der Waals surface area contributed by atoms with Gasteiger partial charge in [-0.05, 0) is 67.4 Å². The first-order valence-corrected chi connectivity index (χ1v) is 14.4. The minimum Gasteiger partial charge on any atom is -0.508 e. The molecule has 0 spiro atoms. The van der Waals surface area contributed by atoms with Gasteiger partial charge in [-0.2, -0.15) is 0 Å². The number of piperazine rings is 1. The van der Waals surface area contributed by atoms with Crippen LogP contribution in [0.3, 0.4) is 0 Å². The molecule has 8 nitrogen and oxygen atoms in total. The first kappa shape index (κ1) is 29.6. The van der Waals surface area contributed by atoms with Gasteiger partial charge in [0, 0.05) is 36.1 Å². The van der Waals surface area contributed by atoms with Crippen molar-refractivity contribution in [3.63, 3.8) is 0 Å². The number of aliphatic hydroxyl groups excluding tert-OH is 1. The van der Waals surface area contributed by atoms with Crippen LogP contribution in [0.25, 0.3) is 0 Å². The molecule has 3 aromatic rings. The molecule has 222 valence electrons. The first-order valence-electron chi connectivity index (χ1n) is 14.4. The lowest BCUT2D eigenvalue weighted by Gasteiger charge is -2.48. The Kier molecular flexibility index (Phi) is 9.15. The van der Waals surface area contributed by atoms with E-state index >= 15 is 0 Å². The summed E-state index contributed by atoms with van der Waals surface area (Å²) >= 11 is 0. The summed E-state index contributed by atoms with van der Waals surface area (Å²) in [6.45, 7) is 7.20. The van der Waals surface area contributed by atoms with Crippen molar-refractivity contribution in [2.75, 3.05) is 49.5 Å². The largest absolute Gasteiger partial charge is 0.508 e. The summed E-state index contributed by atoms with van der Waals surface area (Å²) in [6, 6.07) is 15.4. The maximum Gasteiger partial charge on any atom is 0.279 e. The van der Waals surface area contributed by atoms with Gasteiger partial charge in [-0.1, -0.05) is 25.1 Å². The second kappa shape index (κ2) is 13.0. The zero-order valence-electron chi connectivity index (χ0n) is 23.6. The van der Waals surface area contributed by atoms with Gasteiger partial charge in [-0.15, -0.1) is 0 Å². The van der Waals surface area contributed by atoms with Crippen LogP contribution in [0.5, 0.6) is 5.75 Å². The number of rotatable bonds is 10. The number of phenolic OH excluding ortho intramolecular Hbond substituents is 1. The molecule has 0 unspecified atom stereocenters. The average molecular weight is 580 g/mol. The topological polar surface area (TPSA) is 97.6 Å². The fraction of sp³-hybridized carbons (Fsp3) is 0.375. The number of carbonyl (C=O) groups is 2. The third-order valence-corrected chi connectivity index (χ3v) is 8.38. The van der Waals surface area contributed by atoms with E-state index in [1.807, 2.05) is 0 Å². The third-order valence-electron chi connectivity index (χ3n) is 8.38. The lowest BCUT2D eigenvalue weighted by molar-refractivity contribution is -0.896. The number of quaternary nitrogens is 1. The van der Waals surface area contributed by atoms with Gasteiger partial charge in [0.1, 0.15) is 17.4 Å². The SMILES string of the molecule is CCN1CC[NH+](CC(=O)Nc2ccc([C@@H]3[C@@H](CC[C@H](O)c4ccc(F)cc4)C(=O)N3c3ccc(F)cc3)c(O)c2)CC1. The molecule has 2 heterocycles. The van der Waals surface area contributed by atoms with E-state index in [0.717, 1.165) is 32.7 Å². The van der Waals surface area contributed by atoms with Crippen molar-refractivity contribution < 1.29 is 33.5 Å². The average Bonchev–Trinajstić information content (AvgIpc) is 2.98. The molecule has 2 saturated heterocycles. The van der Waals surface area contributed by atoms with Gasteiger partial charge in [0.25, 0.3) is 5.91 Å². The molecule has 2 aliphatic rings. The number of carbonyl (C=O) groups excluding carboxylic acids is 2. The highest BCUT2D eigenvalue weighted by Gasteiger charge is 2.49. The van der Waals surface area contributed by atoms with E-state index in [4.69, 9.17) is 0 Å². The molecule has 42 heavy (non-hydrogen) atoms. The number of hydrogen-bond acceptors (Lipinski definition) is 5. The molecule has 10 heteroatoms. The van der Waals surface area contributed by atoms with E-state index in [9.17, 15) is 28.6 Å². The number of hydrogen-bond donors (Lipinski definition) is 4. The Morgan fingerprint density at radius 3 is 2.29 bits per heavy atom. The molecule has 5 rings (SSSR count). The number of β-lactam (4-membered cyclic amide) rings is 1. The molecule has 0 saturated carbocycles. The number of nitrogens with one attached hydrogen (secondary N) is 2. The predicted molar refractivity (Wildman–Crippen MR) is 155 cm³/mol. The van der Waals surface area contributed by atoms with Gasteiger partial charge in [0.2, 0.25) is 5.91 Å². The van der Waals surface area contributed by atoms with Crippen LogP contribution in [0.2, 0.25) is 0 Å². The van der Waals surface area contributed by atoms with Gasteiger partial charge in [0.15, 0.2) is 6.54 Å². The predicted octanol–water partition coefficient (Wildman–Crippen LogP) is 3.05. The van der Waals surface area contributed by atoms with Crippen LogP contribution in [0.1, 0.15) is 43.0 Å². The van der Waals surface area contributed by atoms with Crippen LogP contribution in [0.4, 0.5) is 20.2 Å². The van der Waals surface area contributed by atoms with E-state index in [-0.39, 0.29) is 24.0 Å². The molecule has 0 radical (unpaired) electrons. The standard InChI is InChI=1S/C32H36F2N4O4/c1-2-36-15-17-37(18-16-36)20-30(41)35-24-9-12-26(29(40)19-24)31-27(13-14-28(39)21-3-5-22(33)6-4-21)32(42)38(31)25-10-7-23(34)8-11-25/h3-12,19,27-28,31,39-40H,2,13-18,20H2,1H3,(H,35,41)/p+1/t27-,28+,31-/m1/s1. The van der Waals surface area contributed by atoms with Gasteiger partial charge < -0.3 is 25.3 Å². The summed E-state index contributed by atoms with van der Waals surface area (Å²) in [6.07, 6.45) is -0.331. The minimum atomic E-state index is -0.891. The monoisotopic (exact) mass is 579 g/mol. The van der Waals surface area contributed by atoms with E-state index < -0.39 is 29.7 Å². The van der Waals surface area contributed by atoms with Crippen molar-refractivity contribution in [2.45, 2.75) is 31.9 Å². The van der Waals surface area contributed by atoms with Crippen LogP contribution < -0.4 is 15.1 Å². The normalized spacial score (nSPS) is 20.3. The minimum absolute atomic E-state index is 0.0783. The third kappa shape index (κ3) is 6.61. The number of anilines is 2. The van der Waals surface area contributed by atoms with Crippen LogP contribution in [-0.2, 0) is 9.59 Å². The Morgan fingerprint density at radius 1 is 1.02 bits per heavy atom. The highest BCUT2D eigenvalue weighted by atomic mass is 19.1. The summed E-state index contributed by atoms with van der Waals surface area (Å²) in [5.41, 5.74) is 1.98. The van der Waals surface area contributed by atoms with Crippen molar-refractivity contribution in [2.24, 2.45) is 5.92 Å². The quantitative estimate of drug-likeness (QED) is 0.277. The number of nitrogens with zero attached hydrogens (tertiary/aromatic N) is 2. The number of aromatic hydroxyl groups is 1. The van der Waals surface area contributed by atoms with Crippen molar-refractivity contribution in [3.8, 4) is 5.75 Å². The lowest BCUT2D eigenvalue weighted by Crippen LogP contribution is -3.15. The van der Waals surface area contributed by atoms with Crippen LogP contribution in [0.15, 0.2) is 66.7 Å². The van der Waals surface area contributed by atoms with Gasteiger partial charge in [-0.3, -0.25) is 14.5 Å². The number of amides is 2. The second-order valence-corrected chi connectivity index (χ2v) is 11.1. The molecular formula is C32H37F2N4O4+. The number of likely N-dealkylation sites (N-methyl/N-ethyl adjacent to an activating group) is 1. The highest BCUT2D eigenvalue weighted by molar-refractivity contribution is 6.03. The zero-order valence-corrected chi connectivity index (χ0v) is 23.6. The first-order chi connectivity index (χ1) is 20.2. The summed E-state index contributed by atoms with van der Waals surface area (Å²) < 4.78 is 26.9. The smallest absolute Gasteiger partial charge is 0.279 e. The van der Waals surface area contributed by atoms with Crippen LogP contribution in [0, 0.1) is 17.6 Å². The molecule has 0 bridgehead atoms.